The van der Waals surface area contributed by atoms with Gasteiger partial charge in [0.05, 0.1) is 5.92 Å². The van der Waals surface area contributed by atoms with Crippen molar-refractivity contribution in [3.05, 3.63) is 0 Å². The van der Waals surface area contributed by atoms with E-state index in [1.165, 1.54) is 0 Å². The van der Waals surface area contributed by atoms with Crippen LogP contribution in [0.4, 0.5) is 0 Å². The number of hydrogen-bond donors (Lipinski definition) is 1. The van der Waals surface area contributed by atoms with Crippen molar-refractivity contribution in [1.82, 2.24) is 9.80 Å². The highest BCUT2D eigenvalue weighted by Gasteiger charge is 2.41. The molecular weight excluding hydrogens is 296 g/mol. The lowest BCUT2D eigenvalue weighted by Crippen LogP contribution is -2.52. The van der Waals surface area contributed by atoms with Gasteiger partial charge in [-0.15, -0.1) is 0 Å². The van der Waals surface area contributed by atoms with Crippen LogP contribution in [0.3, 0.4) is 0 Å². The number of nitrogens with zero attached hydrogens (tertiary/aromatic N) is 2. The van der Waals surface area contributed by atoms with E-state index in [4.69, 9.17) is 0 Å². The normalized spacial score (nSPS) is 26.7. The Morgan fingerprint density at radius 2 is 1.96 bits per heavy atom. The molecule has 0 aliphatic carbocycles. The van der Waals surface area contributed by atoms with E-state index in [0.717, 1.165) is 12.8 Å². The molecule has 2 fully saturated rings. The van der Waals surface area contributed by atoms with E-state index in [9.17, 15) is 19.5 Å². The second-order valence-corrected chi connectivity index (χ2v) is 7.35. The van der Waals surface area contributed by atoms with E-state index >= 15 is 0 Å². The SMILES string of the molecule is CC(C)CC(C(=O)N1C[C@@H](C)[C@H](C(=O)O)C1)N1CCCCC1=O. The third kappa shape index (κ3) is 4.03. The fourth-order valence-electron chi connectivity index (χ4n) is 3.64. The van der Waals surface area contributed by atoms with Crippen LogP contribution in [0.25, 0.3) is 0 Å². The van der Waals surface area contributed by atoms with Gasteiger partial charge in [0, 0.05) is 26.1 Å². The van der Waals surface area contributed by atoms with Crippen LogP contribution < -0.4 is 0 Å². The average Bonchev–Trinajstić information content (AvgIpc) is 2.87. The third-order valence-electron chi connectivity index (χ3n) is 4.96. The maximum Gasteiger partial charge on any atom is 0.308 e. The van der Waals surface area contributed by atoms with Gasteiger partial charge in [-0.2, -0.15) is 0 Å². The first-order valence-corrected chi connectivity index (χ1v) is 8.62. The lowest BCUT2D eigenvalue weighted by atomic mass is 9.98. The fourth-order valence-corrected chi connectivity index (χ4v) is 3.64. The number of rotatable bonds is 5. The van der Waals surface area contributed by atoms with Gasteiger partial charge >= 0.3 is 5.97 Å². The van der Waals surface area contributed by atoms with Crippen LogP contribution in [0.1, 0.15) is 46.5 Å². The summed E-state index contributed by atoms with van der Waals surface area (Å²) in [5.74, 6) is -1.12. The minimum atomic E-state index is -0.845. The van der Waals surface area contributed by atoms with Gasteiger partial charge in [0.15, 0.2) is 0 Å². The number of likely N-dealkylation sites (tertiary alicyclic amines) is 2. The topological polar surface area (TPSA) is 77.9 Å². The van der Waals surface area contributed by atoms with Crippen LogP contribution in [0.15, 0.2) is 0 Å². The van der Waals surface area contributed by atoms with Gasteiger partial charge in [-0.05, 0) is 31.1 Å². The van der Waals surface area contributed by atoms with Gasteiger partial charge in [-0.1, -0.05) is 20.8 Å². The summed E-state index contributed by atoms with van der Waals surface area (Å²) in [6.45, 7) is 7.31. The Labute approximate surface area is 137 Å². The highest BCUT2D eigenvalue weighted by atomic mass is 16.4. The molecule has 2 aliphatic heterocycles. The number of carbonyl (C=O) groups excluding carboxylic acids is 2. The number of hydrogen-bond acceptors (Lipinski definition) is 3. The highest BCUT2D eigenvalue weighted by molar-refractivity contribution is 5.88. The van der Waals surface area contributed by atoms with E-state index in [0.29, 0.717) is 31.8 Å². The predicted octanol–water partition coefficient (Wildman–Crippen LogP) is 1.59. The largest absolute Gasteiger partial charge is 0.481 e. The molecule has 0 saturated carbocycles. The highest BCUT2D eigenvalue weighted by Crippen LogP contribution is 2.27. The van der Waals surface area contributed by atoms with Crippen molar-refractivity contribution in [1.29, 1.82) is 0 Å². The molecule has 6 heteroatoms. The summed E-state index contributed by atoms with van der Waals surface area (Å²) in [4.78, 5) is 39.9. The first kappa shape index (κ1) is 17.8. The van der Waals surface area contributed by atoms with Crippen molar-refractivity contribution in [2.45, 2.75) is 52.5 Å². The van der Waals surface area contributed by atoms with Gasteiger partial charge < -0.3 is 14.9 Å². The number of piperidine rings is 1. The minimum Gasteiger partial charge on any atom is -0.481 e. The number of aliphatic carboxylic acids is 1. The summed E-state index contributed by atoms with van der Waals surface area (Å²) in [5.41, 5.74) is 0. The molecule has 0 radical (unpaired) electrons. The molecule has 0 aromatic carbocycles. The van der Waals surface area contributed by atoms with E-state index in [1.54, 1.807) is 9.80 Å². The van der Waals surface area contributed by atoms with E-state index in [1.807, 2.05) is 20.8 Å². The zero-order valence-corrected chi connectivity index (χ0v) is 14.3. The van der Waals surface area contributed by atoms with Crippen molar-refractivity contribution in [3.8, 4) is 0 Å². The Hall–Kier alpha value is -1.59. The first-order valence-electron chi connectivity index (χ1n) is 8.62. The van der Waals surface area contributed by atoms with Crippen LogP contribution in [0.2, 0.25) is 0 Å². The molecule has 2 aliphatic rings. The second kappa shape index (κ2) is 7.32. The van der Waals surface area contributed by atoms with Gasteiger partial charge in [0.1, 0.15) is 6.04 Å². The number of carbonyl (C=O) groups is 3. The molecule has 0 bridgehead atoms. The molecule has 2 heterocycles. The van der Waals surface area contributed by atoms with Crippen LogP contribution in [-0.2, 0) is 14.4 Å². The van der Waals surface area contributed by atoms with Crippen LogP contribution in [-0.4, -0.2) is 58.4 Å². The molecule has 2 rings (SSSR count). The molecule has 6 nitrogen and oxygen atoms in total. The Balaban J connectivity index is 2.14. The zero-order chi connectivity index (χ0) is 17.1. The molecule has 0 aromatic rings. The maximum absolute atomic E-state index is 13.0. The summed E-state index contributed by atoms with van der Waals surface area (Å²) in [6, 6.07) is -0.442. The number of amides is 2. The van der Waals surface area contributed by atoms with Crippen LogP contribution >= 0.6 is 0 Å². The summed E-state index contributed by atoms with van der Waals surface area (Å²) in [6.07, 6.45) is 2.96. The summed E-state index contributed by atoms with van der Waals surface area (Å²) >= 11 is 0. The lowest BCUT2D eigenvalue weighted by Gasteiger charge is -2.36. The van der Waals surface area contributed by atoms with Crippen molar-refractivity contribution < 1.29 is 19.5 Å². The van der Waals surface area contributed by atoms with Gasteiger partial charge in [0.25, 0.3) is 0 Å². The molecule has 0 spiro atoms. The molecule has 1 N–H and O–H groups in total. The third-order valence-corrected chi connectivity index (χ3v) is 4.96. The maximum atomic E-state index is 13.0. The standard InChI is InChI=1S/C17H28N2O4/c1-11(2)8-14(19-7-5-4-6-15(19)20)16(21)18-9-12(3)13(10-18)17(22)23/h11-14H,4-10H2,1-3H3,(H,22,23)/t12-,13-,14?/m1/s1. The lowest BCUT2D eigenvalue weighted by molar-refractivity contribution is -0.148. The Morgan fingerprint density at radius 3 is 2.48 bits per heavy atom. The van der Waals surface area contributed by atoms with Crippen molar-refractivity contribution in [2.75, 3.05) is 19.6 Å². The molecule has 0 aromatic heterocycles. The molecule has 3 atom stereocenters. The van der Waals surface area contributed by atoms with Crippen molar-refractivity contribution in [3.63, 3.8) is 0 Å². The van der Waals surface area contributed by atoms with Crippen LogP contribution in [0.5, 0.6) is 0 Å². The van der Waals surface area contributed by atoms with E-state index in [-0.39, 0.29) is 24.3 Å². The summed E-state index contributed by atoms with van der Waals surface area (Å²) in [5, 5.41) is 9.26. The average molecular weight is 324 g/mol. The Kier molecular flexibility index (Phi) is 5.65. The van der Waals surface area contributed by atoms with E-state index < -0.39 is 17.9 Å². The molecular formula is C17H28N2O4. The first-order chi connectivity index (χ1) is 10.8. The second-order valence-electron chi connectivity index (χ2n) is 7.35. The molecule has 2 saturated heterocycles. The van der Waals surface area contributed by atoms with Crippen molar-refractivity contribution >= 4 is 17.8 Å². The minimum absolute atomic E-state index is 0.0480. The summed E-state index contributed by atoms with van der Waals surface area (Å²) < 4.78 is 0. The summed E-state index contributed by atoms with van der Waals surface area (Å²) in [7, 11) is 0. The molecule has 130 valence electrons. The molecule has 23 heavy (non-hydrogen) atoms. The fraction of sp³-hybridized carbons (Fsp3) is 0.824. The molecule has 1 unspecified atom stereocenters. The quantitative estimate of drug-likeness (QED) is 0.833. The zero-order valence-electron chi connectivity index (χ0n) is 14.3. The Morgan fingerprint density at radius 1 is 1.26 bits per heavy atom. The van der Waals surface area contributed by atoms with E-state index in [2.05, 4.69) is 0 Å². The van der Waals surface area contributed by atoms with Gasteiger partial charge in [-0.25, -0.2) is 0 Å². The smallest absolute Gasteiger partial charge is 0.308 e. The monoisotopic (exact) mass is 324 g/mol. The van der Waals surface area contributed by atoms with Gasteiger partial charge in [-0.3, -0.25) is 14.4 Å². The van der Waals surface area contributed by atoms with Crippen LogP contribution in [0, 0.1) is 17.8 Å². The predicted molar refractivity (Wildman–Crippen MR) is 85.7 cm³/mol. The Bertz CT molecular complexity index is 477. The van der Waals surface area contributed by atoms with Crippen molar-refractivity contribution in [2.24, 2.45) is 17.8 Å². The van der Waals surface area contributed by atoms with Gasteiger partial charge in [0.2, 0.25) is 11.8 Å². The molecule has 2 amide bonds. The number of carboxylic acid groups (broad SMARTS) is 1. The number of carboxylic acids is 1.